The number of ether oxygens (including phenoxy) is 2. The molecule has 1 fully saturated rings. The number of furan rings is 1. The maximum Gasteiger partial charge on any atom is 0.289 e. The summed E-state index contributed by atoms with van der Waals surface area (Å²) in [5.41, 5.74) is 0.970. The zero-order valence-corrected chi connectivity index (χ0v) is 15.0. The molecule has 2 aliphatic rings. The van der Waals surface area contributed by atoms with E-state index in [-0.39, 0.29) is 17.7 Å². The standard InChI is InChI=1S/C20H22N2O5/c23-19(21-13-14-3-4-16-18(12-14)27-11-10-26-16)15-5-7-22(8-6-15)20(24)17-2-1-9-25-17/h1-4,9,12,15H,5-8,10-11,13H2,(H,21,23). The number of hydrogen-bond acceptors (Lipinski definition) is 5. The summed E-state index contributed by atoms with van der Waals surface area (Å²) in [7, 11) is 0. The van der Waals surface area contributed by atoms with E-state index in [1.165, 1.54) is 6.26 Å². The number of benzene rings is 1. The van der Waals surface area contributed by atoms with Crippen molar-refractivity contribution >= 4 is 11.8 Å². The predicted octanol–water partition coefficient (Wildman–Crippen LogP) is 2.22. The number of rotatable bonds is 4. The third-order valence-corrected chi connectivity index (χ3v) is 4.96. The van der Waals surface area contributed by atoms with Crippen molar-refractivity contribution in [3.63, 3.8) is 0 Å². The van der Waals surface area contributed by atoms with E-state index in [1.54, 1.807) is 17.0 Å². The highest BCUT2D eigenvalue weighted by Crippen LogP contribution is 2.30. The van der Waals surface area contributed by atoms with Crippen molar-refractivity contribution < 1.29 is 23.5 Å². The first kappa shape index (κ1) is 17.5. The van der Waals surface area contributed by atoms with Crippen LogP contribution in [0.2, 0.25) is 0 Å². The Labute approximate surface area is 157 Å². The maximum absolute atomic E-state index is 12.5. The van der Waals surface area contributed by atoms with Crippen LogP contribution in [0.5, 0.6) is 11.5 Å². The summed E-state index contributed by atoms with van der Waals surface area (Å²) < 4.78 is 16.2. The van der Waals surface area contributed by atoms with Crippen molar-refractivity contribution in [2.24, 2.45) is 5.92 Å². The van der Waals surface area contributed by atoms with Crippen molar-refractivity contribution in [3.05, 3.63) is 47.9 Å². The number of carbonyl (C=O) groups excluding carboxylic acids is 2. The van der Waals surface area contributed by atoms with E-state index < -0.39 is 0 Å². The van der Waals surface area contributed by atoms with Crippen LogP contribution in [0.25, 0.3) is 0 Å². The smallest absolute Gasteiger partial charge is 0.289 e. The third kappa shape index (κ3) is 3.92. The topological polar surface area (TPSA) is 81.0 Å². The molecule has 0 aliphatic carbocycles. The Bertz CT molecular complexity index is 810. The fraction of sp³-hybridized carbons (Fsp3) is 0.400. The Morgan fingerprint density at radius 2 is 1.85 bits per heavy atom. The summed E-state index contributed by atoms with van der Waals surface area (Å²) in [5.74, 6) is 1.63. The first-order valence-corrected chi connectivity index (χ1v) is 9.20. The molecule has 0 radical (unpaired) electrons. The summed E-state index contributed by atoms with van der Waals surface area (Å²) in [6.07, 6.45) is 2.80. The molecule has 0 atom stereocenters. The van der Waals surface area contributed by atoms with Gasteiger partial charge < -0.3 is 24.1 Å². The summed E-state index contributed by atoms with van der Waals surface area (Å²) in [6, 6.07) is 9.06. The molecule has 0 bridgehead atoms. The first-order chi connectivity index (χ1) is 13.2. The highest BCUT2D eigenvalue weighted by Gasteiger charge is 2.28. The quantitative estimate of drug-likeness (QED) is 0.893. The van der Waals surface area contributed by atoms with Gasteiger partial charge in [0.15, 0.2) is 17.3 Å². The number of piperidine rings is 1. The lowest BCUT2D eigenvalue weighted by Crippen LogP contribution is -2.42. The van der Waals surface area contributed by atoms with E-state index in [4.69, 9.17) is 13.9 Å². The summed E-state index contributed by atoms with van der Waals surface area (Å²) in [6.45, 7) is 2.66. The fourth-order valence-corrected chi connectivity index (χ4v) is 3.43. The molecule has 3 heterocycles. The van der Waals surface area contributed by atoms with Gasteiger partial charge in [0.1, 0.15) is 13.2 Å². The van der Waals surface area contributed by atoms with Crippen LogP contribution in [-0.4, -0.2) is 43.0 Å². The fourth-order valence-electron chi connectivity index (χ4n) is 3.43. The molecular weight excluding hydrogens is 348 g/mol. The van der Waals surface area contributed by atoms with E-state index in [9.17, 15) is 9.59 Å². The third-order valence-electron chi connectivity index (χ3n) is 4.96. The zero-order valence-electron chi connectivity index (χ0n) is 15.0. The number of fused-ring (bicyclic) bond motifs is 1. The van der Waals surface area contributed by atoms with Gasteiger partial charge in [0.25, 0.3) is 5.91 Å². The van der Waals surface area contributed by atoms with Crippen LogP contribution < -0.4 is 14.8 Å². The van der Waals surface area contributed by atoms with E-state index in [0.717, 1.165) is 17.1 Å². The molecule has 27 heavy (non-hydrogen) atoms. The molecular formula is C20H22N2O5. The van der Waals surface area contributed by atoms with Crippen LogP contribution in [0.4, 0.5) is 0 Å². The Balaban J connectivity index is 1.27. The predicted molar refractivity (Wildman–Crippen MR) is 96.6 cm³/mol. The van der Waals surface area contributed by atoms with Crippen molar-refractivity contribution in [1.82, 2.24) is 10.2 Å². The molecule has 1 aromatic carbocycles. The second-order valence-electron chi connectivity index (χ2n) is 6.74. The van der Waals surface area contributed by atoms with Crippen LogP contribution in [0.15, 0.2) is 41.0 Å². The molecule has 2 amide bonds. The second-order valence-corrected chi connectivity index (χ2v) is 6.74. The lowest BCUT2D eigenvalue weighted by molar-refractivity contribution is -0.126. The van der Waals surface area contributed by atoms with Gasteiger partial charge in [-0.25, -0.2) is 0 Å². The Kier molecular flexibility index (Phi) is 5.00. The average Bonchev–Trinajstić information content (AvgIpc) is 3.26. The zero-order chi connectivity index (χ0) is 18.6. The van der Waals surface area contributed by atoms with Crippen molar-refractivity contribution in [2.45, 2.75) is 19.4 Å². The first-order valence-electron chi connectivity index (χ1n) is 9.20. The molecule has 142 valence electrons. The van der Waals surface area contributed by atoms with Gasteiger partial charge in [0.05, 0.1) is 6.26 Å². The van der Waals surface area contributed by atoms with Crippen LogP contribution in [0.1, 0.15) is 29.0 Å². The molecule has 1 aromatic heterocycles. The minimum atomic E-state index is -0.116. The number of carbonyl (C=O) groups is 2. The second kappa shape index (κ2) is 7.73. The molecule has 1 saturated heterocycles. The Hall–Kier alpha value is -2.96. The van der Waals surface area contributed by atoms with Gasteiger partial charge in [0.2, 0.25) is 5.91 Å². The normalized spacial score (nSPS) is 16.8. The number of amides is 2. The van der Waals surface area contributed by atoms with Gasteiger partial charge in [0, 0.05) is 25.6 Å². The van der Waals surface area contributed by atoms with Gasteiger partial charge in [-0.05, 0) is 42.7 Å². The number of nitrogens with zero attached hydrogens (tertiary/aromatic N) is 1. The molecule has 4 rings (SSSR count). The largest absolute Gasteiger partial charge is 0.486 e. The van der Waals surface area contributed by atoms with Crippen molar-refractivity contribution in [1.29, 1.82) is 0 Å². The SMILES string of the molecule is O=C(NCc1ccc2c(c1)OCCO2)C1CCN(C(=O)c2ccco2)CC1. The summed E-state index contributed by atoms with van der Waals surface area (Å²) >= 11 is 0. The van der Waals surface area contributed by atoms with E-state index in [2.05, 4.69) is 5.32 Å². The monoisotopic (exact) mass is 370 g/mol. The minimum absolute atomic E-state index is 0.0231. The van der Waals surface area contributed by atoms with Crippen LogP contribution in [0.3, 0.4) is 0 Å². The van der Waals surface area contributed by atoms with Crippen molar-refractivity contribution in [2.75, 3.05) is 26.3 Å². The Morgan fingerprint density at radius 1 is 1.07 bits per heavy atom. The van der Waals surface area contributed by atoms with Crippen LogP contribution in [0, 0.1) is 5.92 Å². The highest BCUT2D eigenvalue weighted by atomic mass is 16.6. The van der Waals surface area contributed by atoms with Gasteiger partial charge >= 0.3 is 0 Å². The van der Waals surface area contributed by atoms with Crippen LogP contribution >= 0.6 is 0 Å². The highest BCUT2D eigenvalue weighted by molar-refractivity contribution is 5.91. The van der Waals surface area contributed by atoms with Gasteiger partial charge in [-0.3, -0.25) is 9.59 Å². The lowest BCUT2D eigenvalue weighted by atomic mass is 9.95. The van der Waals surface area contributed by atoms with E-state index in [1.807, 2.05) is 18.2 Å². The molecule has 2 aromatic rings. The Morgan fingerprint density at radius 3 is 2.59 bits per heavy atom. The number of nitrogens with one attached hydrogen (secondary N) is 1. The maximum atomic E-state index is 12.5. The number of likely N-dealkylation sites (tertiary alicyclic amines) is 1. The minimum Gasteiger partial charge on any atom is -0.486 e. The summed E-state index contributed by atoms with van der Waals surface area (Å²) in [5, 5.41) is 2.99. The number of hydrogen-bond donors (Lipinski definition) is 1. The molecule has 7 nitrogen and oxygen atoms in total. The molecule has 1 N–H and O–H groups in total. The van der Waals surface area contributed by atoms with Gasteiger partial charge in [-0.2, -0.15) is 0 Å². The molecule has 0 unspecified atom stereocenters. The van der Waals surface area contributed by atoms with Crippen molar-refractivity contribution in [3.8, 4) is 11.5 Å². The molecule has 2 aliphatic heterocycles. The van der Waals surface area contributed by atoms with Gasteiger partial charge in [-0.1, -0.05) is 6.07 Å². The van der Waals surface area contributed by atoms with E-state index in [0.29, 0.717) is 51.4 Å². The molecule has 7 heteroatoms. The average molecular weight is 370 g/mol. The summed E-state index contributed by atoms with van der Waals surface area (Å²) in [4.78, 5) is 26.5. The molecule has 0 spiro atoms. The van der Waals surface area contributed by atoms with Crippen LogP contribution in [-0.2, 0) is 11.3 Å². The molecule has 0 saturated carbocycles. The van der Waals surface area contributed by atoms with Gasteiger partial charge in [-0.15, -0.1) is 0 Å². The lowest BCUT2D eigenvalue weighted by Gasteiger charge is -2.30. The van der Waals surface area contributed by atoms with E-state index >= 15 is 0 Å².